The Bertz CT molecular complexity index is 369. The maximum absolute atomic E-state index is 11.6. The second-order valence-electron chi connectivity index (χ2n) is 5.92. The third-order valence-electron chi connectivity index (χ3n) is 4.13. The summed E-state index contributed by atoms with van der Waals surface area (Å²) in [6.45, 7) is 12.0. The van der Waals surface area contributed by atoms with Crippen LogP contribution in [0.5, 0.6) is 0 Å². The molecule has 6 heteroatoms. The van der Waals surface area contributed by atoms with Gasteiger partial charge in [0.15, 0.2) is 0 Å². The Morgan fingerprint density at radius 3 is 2.55 bits per heavy atom. The zero-order valence-corrected chi connectivity index (χ0v) is 14.2. The topological polar surface area (TPSA) is 52.6 Å². The third kappa shape index (κ3) is 6.08. The van der Waals surface area contributed by atoms with Crippen molar-refractivity contribution in [1.29, 1.82) is 0 Å². The highest BCUT2D eigenvalue weighted by molar-refractivity contribution is 7.88. The van der Waals surface area contributed by atoms with Crippen molar-refractivity contribution < 1.29 is 8.42 Å². The summed E-state index contributed by atoms with van der Waals surface area (Å²) in [6, 6.07) is 0.448. The average molecular weight is 305 g/mol. The van der Waals surface area contributed by atoms with Crippen LogP contribution in [0.15, 0.2) is 0 Å². The number of piperidine rings is 1. The lowest BCUT2D eigenvalue weighted by Crippen LogP contribution is -2.45. The third-order valence-corrected chi connectivity index (χ3v) is 5.40. The van der Waals surface area contributed by atoms with Crippen LogP contribution in [0.3, 0.4) is 0 Å². The Morgan fingerprint density at radius 2 is 2.00 bits per heavy atom. The fourth-order valence-corrected chi connectivity index (χ4v) is 3.74. The van der Waals surface area contributed by atoms with Gasteiger partial charge in [0.25, 0.3) is 0 Å². The van der Waals surface area contributed by atoms with Crippen molar-refractivity contribution in [3.63, 3.8) is 0 Å². The van der Waals surface area contributed by atoms with Crippen LogP contribution in [0, 0.1) is 5.92 Å². The molecule has 0 aliphatic carbocycles. The van der Waals surface area contributed by atoms with Gasteiger partial charge in [0.1, 0.15) is 0 Å². The summed E-state index contributed by atoms with van der Waals surface area (Å²) in [5.74, 6) is 0.442. The molecule has 5 nitrogen and oxygen atoms in total. The zero-order chi connectivity index (χ0) is 15.2. The van der Waals surface area contributed by atoms with Crippen LogP contribution in [0.4, 0.5) is 0 Å². The SMILES string of the molecule is CCN(CC)CC(C)NCC1CCCN(S(C)(=O)=O)C1. The van der Waals surface area contributed by atoms with E-state index in [9.17, 15) is 8.42 Å². The smallest absolute Gasteiger partial charge is 0.211 e. The van der Waals surface area contributed by atoms with E-state index in [2.05, 4.69) is 31.0 Å². The molecule has 1 heterocycles. The summed E-state index contributed by atoms with van der Waals surface area (Å²) >= 11 is 0. The second kappa shape index (κ2) is 8.32. The summed E-state index contributed by atoms with van der Waals surface area (Å²) in [5, 5.41) is 3.56. The minimum Gasteiger partial charge on any atom is -0.313 e. The summed E-state index contributed by atoms with van der Waals surface area (Å²) in [4.78, 5) is 2.40. The Morgan fingerprint density at radius 1 is 1.35 bits per heavy atom. The first-order valence-electron chi connectivity index (χ1n) is 7.77. The number of nitrogens with zero attached hydrogens (tertiary/aromatic N) is 2. The predicted octanol–water partition coefficient (Wildman–Crippen LogP) is 0.978. The summed E-state index contributed by atoms with van der Waals surface area (Å²) in [6.07, 6.45) is 3.41. The highest BCUT2D eigenvalue weighted by atomic mass is 32.2. The number of sulfonamides is 1. The van der Waals surface area contributed by atoms with E-state index in [0.717, 1.165) is 39.0 Å². The Labute approximate surface area is 124 Å². The molecule has 1 N–H and O–H groups in total. The van der Waals surface area contributed by atoms with E-state index in [-0.39, 0.29) is 0 Å². The van der Waals surface area contributed by atoms with Crippen LogP contribution in [-0.4, -0.2) is 69.2 Å². The molecule has 0 bridgehead atoms. The van der Waals surface area contributed by atoms with Crippen LogP contribution in [0.1, 0.15) is 33.6 Å². The van der Waals surface area contributed by atoms with Gasteiger partial charge in [-0.05, 0) is 45.3 Å². The first kappa shape index (κ1) is 17.9. The number of nitrogens with one attached hydrogen (secondary N) is 1. The molecule has 2 unspecified atom stereocenters. The molecule has 1 aliphatic rings. The molecule has 2 atom stereocenters. The summed E-state index contributed by atoms with van der Waals surface area (Å²) in [7, 11) is -3.03. The van der Waals surface area contributed by atoms with Gasteiger partial charge in [0, 0.05) is 25.7 Å². The van der Waals surface area contributed by atoms with Gasteiger partial charge in [-0.25, -0.2) is 12.7 Å². The van der Waals surface area contributed by atoms with Crippen molar-refractivity contribution in [2.75, 3.05) is 45.5 Å². The molecule has 20 heavy (non-hydrogen) atoms. The van der Waals surface area contributed by atoms with Crippen molar-refractivity contribution in [3.05, 3.63) is 0 Å². The molecule has 0 aromatic rings. The minimum atomic E-state index is -3.03. The van der Waals surface area contributed by atoms with Gasteiger partial charge in [-0.15, -0.1) is 0 Å². The fraction of sp³-hybridized carbons (Fsp3) is 1.00. The largest absolute Gasteiger partial charge is 0.313 e. The second-order valence-corrected chi connectivity index (χ2v) is 7.91. The van der Waals surface area contributed by atoms with Crippen molar-refractivity contribution in [2.45, 2.75) is 39.7 Å². The van der Waals surface area contributed by atoms with Gasteiger partial charge in [-0.2, -0.15) is 0 Å². The molecular formula is C14H31N3O2S. The van der Waals surface area contributed by atoms with Crippen LogP contribution in [0.25, 0.3) is 0 Å². The molecule has 1 saturated heterocycles. The molecule has 120 valence electrons. The first-order chi connectivity index (χ1) is 9.36. The molecule has 0 aromatic carbocycles. The van der Waals surface area contributed by atoms with Gasteiger partial charge in [-0.3, -0.25) is 0 Å². The van der Waals surface area contributed by atoms with Crippen molar-refractivity contribution in [1.82, 2.24) is 14.5 Å². The van der Waals surface area contributed by atoms with Gasteiger partial charge in [0.2, 0.25) is 10.0 Å². The molecule has 0 spiro atoms. The number of hydrogen-bond acceptors (Lipinski definition) is 4. The van der Waals surface area contributed by atoms with Crippen LogP contribution < -0.4 is 5.32 Å². The van der Waals surface area contributed by atoms with Crippen molar-refractivity contribution in [3.8, 4) is 0 Å². The van der Waals surface area contributed by atoms with E-state index in [0.29, 0.717) is 25.0 Å². The van der Waals surface area contributed by atoms with E-state index in [1.807, 2.05) is 0 Å². The standard InChI is InChI=1S/C14H31N3O2S/c1-5-16(6-2)11-13(3)15-10-14-8-7-9-17(12-14)20(4,18)19/h13-15H,5-12H2,1-4H3. The van der Waals surface area contributed by atoms with Gasteiger partial charge in [0.05, 0.1) is 6.26 Å². The van der Waals surface area contributed by atoms with E-state index >= 15 is 0 Å². The van der Waals surface area contributed by atoms with Gasteiger partial charge < -0.3 is 10.2 Å². The lowest BCUT2D eigenvalue weighted by Gasteiger charge is -2.32. The van der Waals surface area contributed by atoms with Crippen molar-refractivity contribution >= 4 is 10.0 Å². The fourth-order valence-electron chi connectivity index (χ4n) is 2.80. The molecule has 1 rings (SSSR count). The van der Waals surface area contributed by atoms with Crippen LogP contribution >= 0.6 is 0 Å². The zero-order valence-electron chi connectivity index (χ0n) is 13.4. The minimum absolute atomic E-state index is 0.442. The molecule has 0 saturated carbocycles. The molecule has 1 fully saturated rings. The Balaban J connectivity index is 2.34. The van der Waals surface area contributed by atoms with Crippen LogP contribution in [-0.2, 0) is 10.0 Å². The average Bonchev–Trinajstić information content (AvgIpc) is 2.42. The monoisotopic (exact) mass is 305 g/mol. The van der Waals surface area contributed by atoms with E-state index in [4.69, 9.17) is 0 Å². The molecule has 0 aromatic heterocycles. The van der Waals surface area contributed by atoms with Gasteiger partial charge >= 0.3 is 0 Å². The highest BCUT2D eigenvalue weighted by Crippen LogP contribution is 2.18. The lowest BCUT2D eigenvalue weighted by atomic mass is 9.99. The maximum atomic E-state index is 11.6. The van der Waals surface area contributed by atoms with E-state index in [1.165, 1.54) is 6.26 Å². The summed E-state index contributed by atoms with van der Waals surface area (Å²) < 4.78 is 24.8. The van der Waals surface area contributed by atoms with E-state index < -0.39 is 10.0 Å². The quantitative estimate of drug-likeness (QED) is 0.726. The van der Waals surface area contributed by atoms with Gasteiger partial charge in [-0.1, -0.05) is 13.8 Å². The number of likely N-dealkylation sites (N-methyl/N-ethyl adjacent to an activating group) is 1. The normalized spacial score (nSPS) is 23.1. The molecule has 1 aliphatic heterocycles. The lowest BCUT2D eigenvalue weighted by molar-refractivity contribution is 0.236. The first-order valence-corrected chi connectivity index (χ1v) is 9.62. The molecular weight excluding hydrogens is 274 g/mol. The molecule has 0 amide bonds. The Hall–Kier alpha value is -0.170. The highest BCUT2D eigenvalue weighted by Gasteiger charge is 2.25. The van der Waals surface area contributed by atoms with Crippen molar-refractivity contribution in [2.24, 2.45) is 5.92 Å². The summed E-state index contributed by atoms with van der Waals surface area (Å²) in [5.41, 5.74) is 0. The number of hydrogen-bond donors (Lipinski definition) is 1. The van der Waals surface area contributed by atoms with Crippen LogP contribution in [0.2, 0.25) is 0 Å². The number of rotatable bonds is 8. The Kier molecular flexibility index (Phi) is 7.43. The molecule has 0 radical (unpaired) electrons. The predicted molar refractivity (Wildman–Crippen MR) is 84.4 cm³/mol. The van der Waals surface area contributed by atoms with E-state index in [1.54, 1.807) is 4.31 Å². The maximum Gasteiger partial charge on any atom is 0.211 e.